The van der Waals surface area contributed by atoms with Crippen LogP contribution in [0.15, 0.2) is 24.3 Å². The molecule has 0 amide bonds. The number of rotatable bonds is 3. The molecule has 1 N–H and O–H groups in total. The highest BCUT2D eigenvalue weighted by molar-refractivity contribution is 5.74. The summed E-state index contributed by atoms with van der Waals surface area (Å²) in [5.74, 6) is -0.593. The minimum atomic E-state index is -1.08. The fourth-order valence-electron chi connectivity index (χ4n) is 1.58. The van der Waals surface area contributed by atoms with E-state index in [0.717, 1.165) is 5.56 Å². The van der Waals surface area contributed by atoms with Gasteiger partial charge in [0.25, 0.3) is 0 Å². The van der Waals surface area contributed by atoms with E-state index >= 15 is 0 Å². The van der Waals surface area contributed by atoms with Gasteiger partial charge in [-0.05, 0) is 16.5 Å². The average molecular weight is 236 g/mol. The molecule has 0 saturated heterocycles. The first-order chi connectivity index (χ1) is 7.84. The molecule has 94 valence electrons. The maximum absolute atomic E-state index is 11.1. The van der Waals surface area contributed by atoms with Crippen molar-refractivity contribution < 1.29 is 14.6 Å². The fraction of sp³-hybridized carbons (Fsp3) is 0.500. The van der Waals surface area contributed by atoms with Gasteiger partial charge in [0, 0.05) is 6.42 Å². The first-order valence-corrected chi connectivity index (χ1v) is 5.70. The Kier molecular flexibility index (Phi) is 4.29. The minimum Gasteiger partial charge on any atom is -0.467 e. The summed E-state index contributed by atoms with van der Waals surface area (Å²) in [6.07, 6.45) is -0.794. The van der Waals surface area contributed by atoms with Crippen molar-refractivity contribution >= 4 is 5.97 Å². The second-order valence-electron chi connectivity index (χ2n) is 5.19. The van der Waals surface area contributed by atoms with Crippen molar-refractivity contribution in [1.29, 1.82) is 0 Å². The Balaban J connectivity index is 2.72. The number of esters is 1. The van der Waals surface area contributed by atoms with E-state index in [4.69, 9.17) is 0 Å². The second kappa shape index (κ2) is 5.32. The third kappa shape index (κ3) is 3.86. The maximum atomic E-state index is 11.1. The van der Waals surface area contributed by atoms with Crippen molar-refractivity contribution in [2.24, 2.45) is 0 Å². The maximum Gasteiger partial charge on any atom is 0.335 e. The van der Waals surface area contributed by atoms with E-state index in [1.165, 1.54) is 12.7 Å². The van der Waals surface area contributed by atoms with Gasteiger partial charge < -0.3 is 9.84 Å². The van der Waals surface area contributed by atoms with Crippen molar-refractivity contribution in [2.75, 3.05) is 7.11 Å². The summed E-state index contributed by atoms with van der Waals surface area (Å²) in [7, 11) is 1.27. The Morgan fingerprint density at radius 1 is 1.29 bits per heavy atom. The zero-order valence-electron chi connectivity index (χ0n) is 10.9. The van der Waals surface area contributed by atoms with Crippen molar-refractivity contribution in [3.05, 3.63) is 35.4 Å². The van der Waals surface area contributed by atoms with Gasteiger partial charge in [0.05, 0.1) is 7.11 Å². The molecule has 0 spiro atoms. The van der Waals surface area contributed by atoms with E-state index < -0.39 is 12.1 Å². The van der Waals surface area contributed by atoms with E-state index in [9.17, 15) is 9.90 Å². The molecule has 0 aliphatic rings. The molecule has 0 aliphatic carbocycles. The van der Waals surface area contributed by atoms with Gasteiger partial charge >= 0.3 is 5.97 Å². The predicted octanol–water partition coefficient (Wildman–Crippen LogP) is 2.06. The largest absolute Gasteiger partial charge is 0.467 e. The normalized spacial score (nSPS) is 13.2. The van der Waals surface area contributed by atoms with E-state index in [1.54, 1.807) is 0 Å². The van der Waals surface area contributed by atoms with Gasteiger partial charge in [-0.25, -0.2) is 4.79 Å². The smallest absolute Gasteiger partial charge is 0.335 e. The van der Waals surface area contributed by atoms with Gasteiger partial charge in [-0.1, -0.05) is 45.0 Å². The Morgan fingerprint density at radius 3 is 2.24 bits per heavy atom. The van der Waals surface area contributed by atoms with Crippen LogP contribution in [0.2, 0.25) is 0 Å². The lowest BCUT2D eigenvalue weighted by atomic mass is 9.86. The van der Waals surface area contributed by atoms with Crippen LogP contribution in [0.3, 0.4) is 0 Å². The standard InChI is InChI=1S/C14H20O3/c1-14(2,3)11-7-5-10(6-8-11)9-12(15)13(16)17-4/h5-8,12,15H,9H2,1-4H3. The van der Waals surface area contributed by atoms with Gasteiger partial charge in [0.1, 0.15) is 0 Å². The van der Waals surface area contributed by atoms with Gasteiger partial charge in [-0.3, -0.25) is 0 Å². The van der Waals surface area contributed by atoms with Crippen LogP contribution in [-0.2, 0) is 21.4 Å². The third-order valence-electron chi connectivity index (χ3n) is 2.72. The zero-order chi connectivity index (χ0) is 13.1. The molecular weight excluding hydrogens is 216 g/mol. The molecule has 1 unspecified atom stereocenters. The number of carbonyl (C=O) groups is 1. The molecule has 0 aliphatic heterocycles. The average Bonchev–Trinajstić information content (AvgIpc) is 2.27. The van der Waals surface area contributed by atoms with Gasteiger partial charge in [0.15, 0.2) is 6.10 Å². The highest BCUT2D eigenvalue weighted by Crippen LogP contribution is 2.22. The van der Waals surface area contributed by atoms with E-state index in [1.807, 2.05) is 24.3 Å². The Morgan fingerprint density at radius 2 is 1.82 bits per heavy atom. The highest BCUT2D eigenvalue weighted by atomic mass is 16.5. The molecule has 0 heterocycles. The van der Waals surface area contributed by atoms with Crippen molar-refractivity contribution in [3.63, 3.8) is 0 Å². The summed E-state index contributed by atoms with van der Waals surface area (Å²) in [6, 6.07) is 7.93. The number of aliphatic hydroxyl groups excluding tert-OH is 1. The first-order valence-electron chi connectivity index (χ1n) is 5.70. The number of carbonyl (C=O) groups excluding carboxylic acids is 1. The number of benzene rings is 1. The Bertz CT molecular complexity index is 373. The van der Waals surface area contributed by atoms with Gasteiger partial charge in [0.2, 0.25) is 0 Å². The lowest BCUT2D eigenvalue weighted by Gasteiger charge is -2.19. The molecule has 1 aromatic rings. The van der Waals surface area contributed by atoms with E-state index in [0.29, 0.717) is 0 Å². The highest BCUT2D eigenvalue weighted by Gasteiger charge is 2.17. The van der Waals surface area contributed by atoms with Crippen LogP contribution in [0, 0.1) is 0 Å². The number of aliphatic hydroxyl groups is 1. The van der Waals surface area contributed by atoms with Crippen LogP contribution >= 0.6 is 0 Å². The lowest BCUT2D eigenvalue weighted by molar-refractivity contribution is -0.150. The number of methoxy groups -OCH3 is 1. The van der Waals surface area contributed by atoms with Crippen LogP contribution in [0.5, 0.6) is 0 Å². The SMILES string of the molecule is COC(=O)C(O)Cc1ccc(C(C)(C)C)cc1. The van der Waals surface area contributed by atoms with Crippen LogP contribution in [0.4, 0.5) is 0 Å². The molecule has 3 heteroatoms. The van der Waals surface area contributed by atoms with Crippen LogP contribution < -0.4 is 0 Å². The minimum absolute atomic E-state index is 0.111. The topological polar surface area (TPSA) is 46.5 Å². The Labute approximate surface area is 102 Å². The van der Waals surface area contributed by atoms with E-state index in [-0.39, 0.29) is 11.8 Å². The molecule has 1 atom stereocenters. The first kappa shape index (κ1) is 13.7. The third-order valence-corrected chi connectivity index (χ3v) is 2.72. The van der Waals surface area contributed by atoms with Gasteiger partial charge in [-0.15, -0.1) is 0 Å². The molecule has 0 fully saturated rings. The summed E-state index contributed by atoms with van der Waals surface area (Å²) in [6.45, 7) is 6.43. The Hall–Kier alpha value is -1.35. The number of hydrogen-bond acceptors (Lipinski definition) is 3. The van der Waals surface area contributed by atoms with Crippen molar-refractivity contribution in [3.8, 4) is 0 Å². The van der Waals surface area contributed by atoms with Gasteiger partial charge in [-0.2, -0.15) is 0 Å². The van der Waals surface area contributed by atoms with E-state index in [2.05, 4.69) is 25.5 Å². The second-order valence-corrected chi connectivity index (χ2v) is 5.19. The number of hydrogen-bond donors (Lipinski definition) is 1. The molecule has 1 aromatic carbocycles. The van der Waals surface area contributed by atoms with Crippen LogP contribution in [-0.4, -0.2) is 24.3 Å². The number of ether oxygens (including phenoxy) is 1. The predicted molar refractivity (Wildman–Crippen MR) is 66.9 cm³/mol. The molecule has 0 bridgehead atoms. The quantitative estimate of drug-likeness (QED) is 0.817. The summed E-state index contributed by atoms with van der Waals surface area (Å²) in [5.41, 5.74) is 2.27. The molecular formula is C14H20O3. The fourth-order valence-corrected chi connectivity index (χ4v) is 1.58. The summed E-state index contributed by atoms with van der Waals surface area (Å²) in [4.78, 5) is 11.1. The summed E-state index contributed by atoms with van der Waals surface area (Å²) >= 11 is 0. The summed E-state index contributed by atoms with van der Waals surface area (Å²) < 4.78 is 4.47. The van der Waals surface area contributed by atoms with Crippen molar-refractivity contribution in [2.45, 2.75) is 38.7 Å². The molecule has 17 heavy (non-hydrogen) atoms. The molecule has 0 saturated carbocycles. The molecule has 3 nitrogen and oxygen atoms in total. The van der Waals surface area contributed by atoms with Crippen LogP contribution in [0.1, 0.15) is 31.9 Å². The monoisotopic (exact) mass is 236 g/mol. The van der Waals surface area contributed by atoms with Crippen LogP contribution in [0.25, 0.3) is 0 Å². The van der Waals surface area contributed by atoms with Crippen molar-refractivity contribution in [1.82, 2.24) is 0 Å². The zero-order valence-corrected chi connectivity index (χ0v) is 10.9. The lowest BCUT2D eigenvalue weighted by Crippen LogP contribution is -2.24. The summed E-state index contributed by atoms with van der Waals surface area (Å²) in [5, 5.41) is 9.53. The molecule has 0 radical (unpaired) electrons. The molecule has 1 rings (SSSR count). The molecule has 0 aromatic heterocycles.